The van der Waals surface area contributed by atoms with Crippen molar-refractivity contribution in [2.24, 2.45) is 0 Å². The molecule has 1 aliphatic carbocycles. The van der Waals surface area contributed by atoms with Gasteiger partial charge in [-0.25, -0.2) is 12.2 Å². The van der Waals surface area contributed by atoms with Crippen molar-refractivity contribution in [1.29, 1.82) is 0 Å². The minimum absolute atomic E-state index is 0.322. The molecule has 0 amide bonds. The summed E-state index contributed by atoms with van der Waals surface area (Å²) < 4.78 is 0. The van der Waals surface area contributed by atoms with E-state index >= 15 is 0 Å². The van der Waals surface area contributed by atoms with Gasteiger partial charge in [0.15, 0.2) is 0 Å². The Morgan fingerprint density at radius 2 is 1.23 bits per heavy atom. The molecule has 0 aromatic heterocycles. The molecule has 22 heavy (non-hydrogen) atoms. The van der Waals surface area contributed by atoms with Crippen LogP contribution in [0.2, 0.25) is 0 Å². The van der Waals surface area contributed by atoms with Crippen molar-refractivity contribution >= 4 is 17.0 Å². The molecule has 2 aromatic rings. The summed E-state index contributed by atoms with van der Waals surface area (Å²) in [6, 6.07) is 17.4. The van der Waals surface area contributed by atoms with Crippen LogP contribution in [0, 0.1) is 6.08 Å². The summed E-state index contributed by atoms with van der Waals surface area (Å²) in [5, 5.41) is 17.3. The van der Waals surface area contributed by atoms with Gasteiger partial charge in [0.25, 0.3) is 0 Å². The molecular formula is C17H17Cl2O2Zr-. The zero-order valence-electron chi connectivity index (χ0n) is 11.9. The van der Waals surface area contributed by atoms with E-state index in [1.165, 1.54) is 0 Å². The first-order chi connectivity index (χ1) is 10.7. The molecule has 0 aliphatic heterocycles. The molecule has 2 aromatic carbocycles. The van der Waals surface area contributed by atoms with Crippen molar-refractivity contribution in [3.05, 3.63) is 85.0 Å². The predicted octanol–water partition coefficient (Wildman–Crippen LogP) is 5.47. The van der Waals surface area contributed by atoms with Gasteiger partial charge in [-0.3, -0.25) is 6.08 Å². The van der Waals surface area contributed by atoms with E-state index in [2.05, 4.69) is 12.2 Å². The number of phenolic OH excluding ortho intramolecular Hbond substituents is 2. The Hall–Kier alpha value is -1.02. The maximum absolute atomic E-state index is 8.63. The van der Waals surface area contributed by atoms with E-state index in [1.54, 1.807) is 48.5 Å². The first-order valence-electron chi connectivity index (χ1n) is 6.36. The second-order valence-electron chi connectivity index (χ2n) is 3.75. The molecule has 1 aliphatic rings. The second-order valence-corrected chi connectivity index (χ2v) is 7.48. The minimum atomic E-state index is -0.826. The van der Waals surface area contributed by atoms with Crippen LogP contribution in [0.4, 0.5) is 0 Å². The fraction of sp³-hybridized carbons (Fsp3) is 0.0588. The molecule has 3 rings (SSSR count). The number of phenols is 2. The first-order valence-corrected chi connectivity index (χ1v) is 12.7. The van der Waals surface area contributed by atoms with Crippen LogP contribution >= 0.6 is 17.0 Å². The summed E-state index contributed by atoms with van der Waals surface area (Å²) in [6.45, 7) is 0. The molecule has 0 saturated heterocycles. The standard InChI is InChI=1S/2C6H6O.C5H5.2ClH.Zr/c2*7-6-4-2-1-3-5-6;1-2-4-5-3-1;;;/h2*1-5,7H;1-3H,4H2;2*1H;/q;;-1;;;+2/p-2. The molecule has 116 valence electrons. The van der Waals surface area contributed by atoms with Gasteiger partial charge in [-0.15, -0.1) is 6.42 Å². The second kappa shape index (κ2) is 16.4. The fourth-order valence-corrected chi connectivity index (χ4v) is 1.20. The Bertz CT molecular complexity index is 469. The fourth-order valence-electron chi connectivity index (χ4n) is 1.20. The van der Waals surface area contributed by atoms with E-state index in [9.17, 15) is 0 Å². The SMILES string of the molecule is Oc1ccccc1.Oc1ccccc1.[C-]1=CC=CC1.[Cl][Zr][Cl]. The molecule has 0 atom stereocenters. The summed E-state index contributed by atoms with van der Waals surface area (Å²) in [5.41, 5.74) is 0. The van der Waals surface area contributed by atoms with E-state index in [0.717, 1.165) is 6.42 Å². The number of allylic oxidation sites excluding steroid dienone is 4. The van der Waals surface area contributed by atoms with Crippen LogP contribution in [0.15, 0.2) is 78.9 Å². The Balaban J connectivity index is 0.000000280. The van der Waals surface area contributed by atoms with Gasteiger partial charge >= 0.3 is 37.9 Å². The molecule has 0 fully saturated rings. The predicted molar refractivity (Wildman–Crippen MR) is 89.5 cm³/mol. The van der Waals surface area contributed by atoms with Crippen molar-refractivity contribution in [3.63, 3.8) is 0 Å². The van der Waals surface area contributed by atoms with E-state index < -0.39 is 20.8 Å². The summed E-state index contributed by atoms with van der Waals surface area (Å²) in [5.74, 6) is 0.644. The zero-order valence-corrected chi connectivity index (χ0v) is 15.8. The van der Waals surface area contributed by atoms with Crippen LogP contribution in [-0.2, 0) is 20.8 Å². The summed E-state index contributed by atoms with van der Waals surface area (Å²) >= 11 is -0.826. The van der Waals surface area contributed by atoms with Crippen LogP contribution in [0.3, 0.4) is 0 Å². The number of rotatable bonds is 0. The number of hydrogen-bond acceptors (Lipinski definition) is 2. The number of aromatic hydroxyl groups is 2. The third kappa shape index (κ3) is 15.4. The quantitative estimate of drug-likeness (QED) is 0.561. The Morgan fingerprint density at radius 1 is 0.818 bits per heavy atom. The normalized spacial score (nSPS) is 10.1. The van der Waals surface area contributed by atoms with E-state index in [1.807, 2.05) is 24.3 Å². The molecule has 0 radical (unpaired) electrons. The van der Waals surface area contributed by atoms with Crippen LogP contribution in [0.5, 0.6) is 11.5 Å². The number of para-hydroxylation sites is 2. The Kier molecular flexibility index (Phi) is 15.6. The van der Waals surface area contributed by atoms with Crippen molar-refractivity contribution < 1.29 is 31.1 Å². The molecular weight excluding hydrogens is 398 g/mol. The Morgan fingerprint density at radius 3 is 1.36 bits per heavy atom. The first kappa shape index (κ1) is 21.0. The van der Waals surface area contributed by atoms with Crippen molar-refractivity contribution in [2.45, 2.75) is 6.42 Å². The summed E-state index contributed by atoms with van der Waals surface area (Å²) in [4.78, 5) is 0. The van der Waals surface area contributed by atoms with Gasteiger partial charge in [0.05, 0.1) is 0 Å². The van der Waals surface area contributed by atoms with Crippen LogP contribution in [0.25, 0.3) is 0 Å². The van der Waals surface area contributed by atoms with Crippen molar-refractivity contribution in [1.82, 2.24) is 0 Å². The molecule has 0 spiro atoms. The van der Waals surface area contributed by atoms with Gasteiger partial charge in [-0.05, 0) is 24.3 Å². The molecule has 5 heteroatoms. The van der Waals surface area contributed by atoms with Crippen LogP contribution in [0.1, 0.15) is 6.42 Å². The zero-order chi connectivity index (χ0) is 16.5. The average molecular weight is 415 g/mol. The van der Waals surface area contributed by atoms with Crippen LogP contribution < -0.4 is 0 Å². The number of benzene rings is 2. The maximum atomic E-state index is 8.63. The van der Waals surface area contributed by atoms with Gasteiger partial charge < -0.3 is 10.2 Å². The van der Waals surface area contributed by atoms with E-state index in [4.69, 9.17) is 27.2 Å². The third-order valence-electron chi connectivity index (χ3n) is 2.10. The third-order valence-corrected chi connectivity index (χ3v) is 2.10. The molecule has 0 bridgehead atoms. The number of hydrogen-bond donors (Lipinski definition) is 2. The van der Waals surface area contributed by atoms with E-state index in [-0.39, 0.29) is 0 Å². The van der Waals surface area contributed by atoms with Crippen LogP contribution in [-0.4, -0.2) is 10.2 Å². The summed E-state index contributed by atoms with van der Waals surface area (Å²) in [6.07, 6.45) is 10.0. The average Bonchev–Trinajstić information content (AvgIpc) is 3.10. The van der Waals surface area contributed by atoms with Crippen molar-refractivity contribution in [2.75, 3.05) is 0 Å². The topological polar surface area (TPSA) is 40.5 Å². The van der Waals surface area contributed by atoms with Gasteiger partial charge in [-0.2, -0.15) is 6.08 Å². The monoisotopic (exact) mass is 413 g/mol. The molecule has 2 nitrogen and oxygen atoms in total. The Labute approximate surface area is 150 Å². The summed E-state index contributed by atoms with van der Waals surface area (Å²) in [7, 11) is 9.87. The van der Waals surface area contributed by atoms with Gasteiger partial charge in [0, 0.05) is 0 Å². The van der Waals surface area contributed by atoms with E-state index in [0.29, 0.717) is 11.5 Å². The number of halogens is 2. The molecule has 0 heterocycles. The van der Waals surface area contributed by atoms with Gasteiger partial charge in [0.2, 0.25) is 0 Å². The van der Waals surface area contributed by atoms with Gasteiger partial charge in [0.1, 0.15) is 11.5 Å². The molecule has 2 N–H and O–H groups in total. The molecule has 0 saturated carbocycles. The van der Waals surface area contributed by atoms with Crippen molar-refractivity contribution in [3.8, 4) is 11.5 Å². The van der Waals surface area contributed by atoms with Gasteiger partial charge in [-0.1, -0.05) is 36.4 Å². The molecule has 0 unspecified atom stereocenters.